The second-order valence-electron chi connectivity index (χ2n) is 10.2. The highest BCUT2D eigenvalue weighted by Gasteiger charge is 2.46. The van der Waals surface area contributed by atoms with Crippen LogP contribution in [0.3, 0.4) is 0 Å². The summed E-state index contributed by atoms with van der Waals surface area (Å²) in [5, 5.41) is 3.37. The van der Waals surface area contributed by atoms with E-state index in [2.05, 4.69) is 22.5 Å². The second-order valence-corrected chi connectivity index (χ2v) is 10.2. The van der Waals surface area contributed by atoms with Crippen molar-refractivity contribution in [2.24, 2.45) is 21.3 Å². The lowest BCUT2D eigenvalue weighted by Gasteiger charge is -2.26. The minimum absolute atomic E-state index is 0. The van der Waals surface area contributed by atoms with Crippen LogP contribution in [0.4, 0.5) is 5.69 Å². The summed E-state index contributed by atoms with van der Waals surface area (Å²) in [6, 6.07) is 7.74. The fraction of sp³-hybridized carbons (Fsp3) is 0.567. The first-order valence-corrected chi connectivity index (χ1v) is 13.1. The summed E-state index contributed by atoms with van der Waals surface area (Å²) in [4.78, 5) is 23.8. The number of aliphatic imine (C=N–C) groups is 2. The van der Waals surface area contributed by atoms with Crippen LogP contribution >= 0.6 is 0 Å². The van der Waals surface area contributed by atoms with E-state index in [1.54, 1.807) is 0 Å². The Morgan fingerprint density at radius 3 is 2.37 bits per heavy atom. The maximum Gasteiger partial charge on any atom is 0.253 e. The molecule has 0 saturated heterocycles. The molecular weight excluding hydrogens is 432 g/mol. The Labute approximate surface area is 214 Å². The Morgan fingerprint density at radius 1 is 1.11 bits per heavy atom. The van der Waals surface area contributed by atoms with Gasteiger partial charge in [-0.2, -0.15) is 0 Å². The van der Waals surface area contributed by atoms with Gasteiger partial charge in [-0.3, -0.25) is 9.79 Å². The molecule has 1 aromatic carbocycles. The number of benzene rings is 1. The summed E-state index contributed by atoms with van der Waals surface area (Å²) >= 11 is 0. The fourth-order valence-corrected chi connectivity index (χ4v) is 5.45. The Balaban J connectivity index is 0.00000228. The van der Waals surface area contributed by atoms with E-state index in [0.29, 0.717) is 0 Å². The first-order valence-electron chi connectivity index (χ1n) is 13.1. The third-order valence-corrected chi connectivity index (χ3v) is 7.58. The van der Waals surface area contributed by atoms with Gasteiger partial charge in [-0.25, -0.2) is 4.99 Å². The smallest absolute Gasteiger partial charge is 0.253 e. The Morgan fingerprint density at radius 2 is 1.77 bits per heavy atom. The Hall–Kier alpha value is -2.69. The first kappa shape index (κ1) is 26.9. The number of hydrogen-bond donors (Lipinski definition) is 1. The van der Waals surface area contributed by atoms with Crippen LogP contribution in [0.15, 0.2) is 58.2 Å². The van der Waals surface area contributed by atoms with Crippen molar-refractivity contribution >= 4 is 23.6 Å². The van der Waals surface area contributed by atoms with Gasteiger partial charge in [0, 0.05) is 45.2 Å². The lowest BCUT2D eigenvalue weighted by atomic mass is 9.79. The van der Waals surface area contributed by atoms with E-state index in [-0.39, 0.29) is 20.2 Å². The predicted molar refractivity (Wildman–Crippen MR) is 152 cm³/mol. The largest absolute Gasteiger partial charge is 0.344 e. The van der Waals surface area contributed by atoms with Crippen molar-refractivity contribution in [1.29, 1.82) is 0 Å². The third kappa shape index (κ3) is 7.39. The molecule has 5 nitrogen and oxygen atoms in total. The molecule has 0 radical (unpaired) electrons. The molecule has 1 N–H and O–H groups in total. The molecule has 0 atom stereocenters. The van der Waals surface area contributed by atoms with Gasteiger partial charge in [0.25, 0.3) is 5.91 Å². The zero-order valence-electron chi connectivity index (χ0n) is 20.9. The van der Waals surface area contributed by atoms with Crippen molar-refractivity contribution in [1.82, 2.24) is 4.90 Å². The topological polar surface area (TPSA) is 57.1 Å². The minimum atomic E-state index is 0. The van der Waals surface area contributed by atoms with Crippen LogP contribution in [-0.4, -0.2) is 43.0 Å². The van der Waals surface area contributed by atoms with Crippen LogP contribution in [0.2, 0.25) is 0 Å². The van der Waals surface area contributed by atoms with Crippen molar-refractivity contribution < 1.29 is 6.22 Å². The number of carbonyl (C=O) groups excluding carboxylic acids is 1. The van der Waals surface area contributed by atoms with Gasteiger partial charge in [-0.1, -0.05) is 51.7 Å². The Kier molecular flexibility index (Phi) is 9.88. The highest BCUT2D eigenvalue weighted by molar-refractivity contribution is 5.97. The van der Waals surface area contributed by atoms with Gasteiger partial charge in [-0.05, 0) is 80.2 Å². The van der Waals surface area contributed by atoms with Gasteiger partial charge >= 0.3 is 0 Å². The highest BCUT2D eigenvalue weighted by Crippen LogP contribution is 2.57. The van der Waals surface area contributed by atoms with Crippen LogP contribution < -0.4 is 5.32 Å². The summed E-state index contributed by atoms with van der Waals surface area (Å²) in [6.07, 6.45) is 21.0. The van der Waals surface area contributed by atoms with Gasteiger partial charge in [0.05, 0.1) is 0 Å². The van der Waals surface area contributed by atoms with E-state index in [1.165, 1.54) is 56.9 Å². The molecular formula is C30H46N4O. The summed E-state index contributed by atoms with van der Waals surface area (Å²) < 4.78 is 0. The van der Waals surface area contributed by atoms with E-state index < -0.39 is 0 Å². The standard InChI is InChI=1S/C29H40N4O.CH4.H2/c1-23(31-22-26(21-30-2)29(16-17-29)20-24-10-6-5-7-11-24)32-27-14-12-25(13-15-27)28(34)33-18-8-3-4-9-19-33;;/h3-4,12-15,21-22,24H,5-11,16-20H2,1-2H3,(H,31,32);1H4;1H/b26-22-,30-21?;;. The fourth-order valence-electron chi connectivity index (χ4n) is 5.45. The number of rotatable bonds is 7. The molecule has 0 bridgehead atoms. The number of allylic oxidation sites excluding steroid dienone is 1. The van der Waals surface area contributed by atoms with Crippen LogP contribution in [-0.2, 0) is 0 Å². The van der Waals surface area contributed by atoms with E-state index in [1.807, 2.05) is 55.6 Å². The maximum atomic E-state index is 12.8. The lowest BCUT2D eigenvalue weighted by molar-refractivity contribution is 0.0764. The van der Waals surface area contributed by atoms with Crippen molar-refractivity contribution in [2.75, 3.05) is 25.5 Å². The molecule has 1 amide bonds. The first-order chi connectivity index (χ1) is 16.6. The summed E-state index contributed by atoms with van der Waals surface area (Å²) in [5.74, 6) is 1.81. The summed E-state index contributed by atoms with van der Waals surface area (Å²) in [7, 11) is 1.85. The molecule has 2 aliphatic carbocycles. The van der Waals surface area contributed by atoms with Gasteiger partial charge in [0.2, 0.25) is 0 Å². The van der Waals surface area contributed by atoms with Crippen molar-refractivity contribution in [3.05, 3.63) is 53.8 Å². The van der Waals surface area contributed by atoms with Crippen molar-refractivity contribution in [2.45, 2.75) is 78.6 Å². The molecule has 1 aromatic rings. The number of anilines is 1. The number of amides is 1. The molecule has 0 aromatic heterocycles. The van der Waals surface area contributed by atoms with Gasteiger partial charge in [0.1, 0.15) is 5.84 Å². The molecule has 1 heterocycles. The average Bonchev–Trinajstić information content (AvgIpc) is 3.67. The third-order valence-electron chi connectivity index (χ3n) is 7.58. The molecule has 0 spiro atoms. The SMILES string of the molecule is C.CN=C/C(=C/N=C(C)Nc1ccc(C(=O)N2CCC=CCC2)cc1)C1(CC2CCCCC2)CC1.[HH]. The lowest BCUT2D eigenvalue weighted by Crippen LogP contribution is -2.31. The van der Waals surface area contributed by atoms with Crippen molar-refractivity contribution in [3.8, 4) is 0 Å². The maximum absolute atomic E-state index is 12.8. The number of amidine groups is 1. The molecule has 1 aliphatic heterocycles. The molecule has 5 heteroatoms. The van der Waals surface area contributed by atoms with Crippen molar-refractivity contribution in [3.63, 3.8) is 0 Å². The zero-order valence-corrected chi connectivity index (χ0v) is 20.9. The number of nitrogens with zero attached hydrogens (tertiary/aromatic N) is 3. The van der Waals surface area contributed by atoms with Crippen LogP contribution in [0.1, 0.15) is 90.3 Å². The second kappa shape index (κ2) is 12.9. The van der Waals surface area contributed by atoms with E-state index in [0.717, 1.165) is 48.9 Å². The van der Waals surface area contributed by atoms with Crippen LogP contribution in [0.5, 0.6) is 0 Å². The average molecular weight is 479 g/mol. The highest BCUT2D eigenvalue weighted by atomic mass is 16.2. The van der Waals surface area contributed by atoms with Crippen LogP contribution in [0, 0.1) is 11.3 Å². The van der Waals surface area contributed by atoms with E-state index in [4.69, 9.17) is 4.99 Å². The molecule has 2 saturated carbocycles. The predicted octanol–water partition coefficient (Wildman–Crippen LogP) is 7.53. The van der Waals surface area contributed by atoms with E-state index >= 15 is 0 Å². The van der Waals surface area contributed by atoms with Gasteiger partial charge in [-0.15, -0.1) is 0 Å². The summed E-state index contributed by atoms with van der Waals surface area (Å²) in [5.41, 5.74) is 3.24. The summed E-state index contributed by atoms with van der Waals surface area (Å²) in [6.45, 7) is 3.57. The Bertz CT molecular complexity index is 944. The minimum Gasteiger partial charge on any atom is -0.344 e. The van der Waals surface area contributed by atoms with E-state index in [9.17, 15) is 4.79 Å². The van der Waals surface area contributed by atoms with Crippen LogP contribution in [0.25, 0.3) is 0 Å². The monoisotopic (exact) mass is 478 g/mol. The zero-order chi connectivity index (χ0) is 23.8. The molecule has 192 valence electrons. The van der Waals surface area contributed by atoms with Gasteiger partial charge in [0.15, 0.2) is 0 Å². The molecule has 35 heavy (non-hydrogen) atoms. The van der Waals surface area contributed by atoms with Gasteiger partial charge < -0.3 is 10.2 Å². The molecule has 2 fully saturated rings. The number of hydrogen-bond acceptors (Lipinski definition) is 3. The number of nitrogens with one attached hydrogen (secondary N) is 1. The molecule has 0 unspecified atom stereocenters. The quantitative estimate of drug-likeness (QED) is 0.250. The normalized spacial score (nSPS) is 20.9. The number of carbonyl (C=O) groups is 1. The molecule has 3 aliphatic rings. The molecule has 4 rings (SSSR count).